The number of hydrogen-bond acceptors (Lipinski definition) is 2. The third kappa shape index (κ3) is 7.16. The molecule has 3 aromatic rings. The molecule has 0 fully saturated rings. The Morgan fingerprint density at radius 1 is 0.600 bits per heavy atom. The fourth-order valence-corrected chi connectivity index (χ4v) is 1.57. The largest absolute Gasteiger partial charge is 0.264 e. The summed E-state index contributed by atoms with van der Waals surface area (Å²) in [4.78, 5) is 7.52. The van der Waals surface area contributed by atoms with Crippen molar-refractivity contribution >= 4 is 0 Å². The average molecular weight is 346 g/mol. The molecule has 132 valence electrons. The van der Waals surface area contributed by atoms with Gasteiger partial charge >= 0.3 is 0 Å². The van der Waals surface area contributed by atoms with Crippen LogP contribution in [0.3, 0.4) is 0 Å². The second-order valence-corrected chi connectivity index (χ2v) is 5.43. The summed E-state index contributed by atoms with van der Waals surface area (Å²) in [5.74, 6) is -1.22. The maximum Gasteiger partial charge on any atom is 0.144 e. The minimum Gasteiger partial charge on any atom is -0.264 e. The predicted octanol–water partition coefficient (Wildman–Crippen LogP) is 5.50. The molecule has 0 bridgehead atoms. The summed E-state index contributed by atoms with van der Waals surface area (Å²) in [6.07, 6.45) is 6.45. The Labute approximate surface area is 146 Å². The van der Waals surface area contributed by atoms with Gasteiger partial charge in [0.15, 0.2) is 0 Å². The van der Waals surface area contributed by atoms with E-state index in [0.717, 1.165) is 0 Å². The van der Waals surface area contributed by atoms with Crippen LogP contribution in [0.15, 0.2) is 55.1 Å². The minimum absolute atomic E-state index is 0.0810. The molecule has 0 amide bonds. The SMILES string of the molecule is Cc1c(F)cccc1F.Cc1ccncc1C.Cc1ccncc1F. The van der Waals surface area contributed by atoms with Crippen LogP contribution in [0.25, 0.3) is 0 Å². The lowest BCUT2D eigenvalue weighted by Gasteiger charge is -1.94. The van der Waals surface area contributed by atoms with Gasteiger partial charge in [0.05, 0.1) is 6.20 Å². The van der Waals surface area contributed by atoms with Gasteiger partial charge < -0.3 is 0 Å². The van der Waals surface area contributed by atoms with Crippen LogP contribution in [-0.4, -0.2) is 9.97 Å². The van der Waals surface area contributed by atoms with E-state index >= 15 is 0 Å². The maximum atomic E-state index is 12.3. The van der Waals surface area contributed by atoms with Gasteiger partial charge in [0.25, 0.3) is 0 Å². The Bertz CT molecular complexity index is 699. The number of benzene rings is 1. The average Bonchev–Trinajstić information content (AvgIpc) is 2.59. The lowest BCUT2D eigenvalue weighted by molar-refractivity contribution is 0.568. The summed E-state index contributed by atoms with van der Waals surface area (Å²) in [6.45, 7) is 7.25. The number of hydrogen-bond donors (Lipinski definition) is 0. The van der Waals surface area contributed by atoms with E-state index < -0.39 is 11.6 Å². The summed E-state index contributed by atoms with van der Waals surface area (Å²) >= 11 is 0. The molecule has 0 radical (unpaired) electrons. The lowest BCUT2D eigenvalue weighted by atomic mass is 10.2. The molecule has 0 saturated carbocycles. The molecule has 0 spiro atoms. The van der Waals surface area contributed by atoms with Crippen LogP contribution in [0, 0.1) is 45.1 Å². The van der Waals surface area contributed by atoms with E-state index in [4.69, 9.17) is 0 Å². The van der Waals surface area contributed by atoms with Gasteiger partial charge in [-0.1, -0.05) is 6.07 Å². The normalized spacial score (nSPS) is 9.40. The van der Waals surface area contributed by atoms with Crippen LogP contribution < -0.4 is 0 Å². The molecule has 2 aromatic heterocycles. The van der Waals surface area contributed by atoms with Crippen molar-refractivity contribution in [3.63, 3.8) is 0 Å². The zero-order valence-corrected chi connectivity index (χ0v) is 14.7. The van der Waals surface area contributed by atoms with Gasteiger partial charge in [-0.15, -0.1) is 0 Å². The quantitative estimate of drug-likeness (QED) is 0.537. The van der Waals surface area contributed by atoms with Gasteiger partial charge in [0, 0.05) is 24.2 Å². The van der Waals surface area contributed by atoms with Crippen LogP contribution in [0.1, 0.15) is 22.3 Å². The first-order chi connectivity index (χ1) is 11.8. The topological polar surface area (TPSA) is 25.8 Å². The van der Waals surface area contributed by atoms with Gasteiger partial charge in [-0.3, -0.25) is 9.97 Å². The molecular formula is C20H21F3N2. The standard InChI is InChI=1S/C7H6F2.C7H9N.C6H6FN/c1-5-6(8)3-2-4-7(5)9;1-6-3-4-8-5-7(6)2;1-5-2-3-8-4-6(5)7/h2-4H,1H3;3-5H,1-2H3;2-4H,1H3. The highest BCUT2D eigenvalue weighted by atomic mass is 19.1. The molecule has 0 unspecified atom stereocenters. The number of aryl methyl sites for hydroxylation is 3. The summed E-state index contributed by atoms with van der Waals surface area (Å²) in [5.41, 5.74) is 3.28. The van der Waals surface area contributed by atoms with Crippen molar-refractivity contribution < 1.29 is 13.2 Å². The van der Waals surface area contributed by atoms with E-state index in [0.29, 0.717) is 5.56 Å². The first kappa shape index (κ1) is 20.4. The van der Waals surface area contributed by atoms with E-state index in [2.05, 4.69) is 23.8 Å². The van der Waals surface area contributed by atoms with Crippen LogP contribution in [0.5, 0.6) is 0 Å². The van der Waals surface area contributed by atoms with E-state index in [-0.39, 0.29) is 11.4 Å². The summed E-state index contributed by atoms with van der Waals surface area (Å²) in [7, 11) is 0. The van der Waals surface area contributed by atoms with Gasteiger partial charge in [-0.25, -0.2) is 13.2 Å². The molecule has 0 atom stereocenters. The Balaban J connectivity index is 0.000000188. The second-order valence-electron chi connectivity index (χ2n) is 5.43. The van der Waals surface area contributed by atoms with Crippen molar-refractivity contribution in [3.05, 3.63) is 94.8 Å². The molecule has 1 aromatic carbocycles. The van der Waals surface area contributed by atoms with Crippen LogP contribution in [0.4, 0.5) is 13.2 Å². The van der Waals surface area contributed by atoms with Crippen molar-refractivity contribution in [2.75, 3.05) is 0 Å². The van der Waals surface area contributed by atoms with E-state index in [1.807, 2.05) is 18.5 Å². The minimum atomic E-state index is -0.491. The molecule has 3 rings (SSSR count). The Hall–Kier alpha value is -2.69. The summed E-state index contributed by atoms with van der Waals surface area (Å²) in [6, 6.07) is 7.46. The molecular weight excluding hydrogens is 325 g/mol. The first-order valence-corrected chi connectivity index (χ1v) is 7.67. The molecule has 0 saturated heterocycles. The second kappa shape index (κ2) is 10.2. The van der Waals surface area contributed by atoms with E-state index in [1.165, 1.54) is 42.4 Å². The summed E-state index contributed by atoms with van der Waals surface area (Å²) < 4.78 is 36.9. The Morgan fingerprint density at radius 2 is 1.12 bits per heavy atom. The van der Waals surface area contributed by atoms with Gasteiger partial charge in [0.2, 0.25) is 0 Å². The van der Waals surface area contributed by atoms with Crippen LogP contribution >= 0.6 is 0 Å². The molecule has 5 heteroatoms. The first-order valence-electron chi connectivity index (χ1n) is 7.67. The summed E-state index contributed by atoms with van der Waals surface area (Å²) in [5, 5.41) is 0. The smallest absolute Gasteiger partial charge is 0.144 e. The van der Waals surface area contributed by atoms with Crippen molar-refractivity contribution in [2.45, 2.75) is 27.7 Å². The molecule has 2 nitrogen and oxygen atoms in total. The number of rotatable bonds is 0. The zero-order chi connectivity index (χ0) is 18.8. The number of halogens is 3. The Morgan fingerprint density at radius 3 is 1.44 bits per heavy atom. The zero-order valence-electron chi connectivity index (χ0n) is 14.7. The van der Waals surface area contributed by atoms with Crippen molar-refractivity contribution in [3.8, 4) is 0 Å². The molecule has 0 aliphatic carbocycles. The fraction of sp³-hybridized carbons (Fsp3) is 0.200. The molecule has 0 aliphatic heterocycles. The van der Waals surface area contributed by atoms with Gasteiger partial charge in [-0.05, 0) is 68.7 Å². The number of nitrogens with zero attached hydrogens (tertiary/aromatic N) is 2. The third-order valence-electron chi connectivity index (χ3n) is 3.48. The molecule has 25 heavy (non-hydrogen) atoms. The highest BCUT2D eigenvalue weighted by Crippen LogP contribution is 2.08. The molecule has 0 N–H and O–H groups in total. The molecule has 2 heterocycles. The number of aromatic nitrogens is 2. The maximum absolute atomic E-state index is 12.3. The lowest BCUT2D eigenvalue weighted by Crippen LogP contribution is -1.85. The van der Waals surface area contributed by atoms with Crippen LogP contribution in [-0.2, 0) is 0 Å². The van der Waals surface area contributed by atoms with Gasteiger partial charge in [0.1, 0.15) is 17.5 Å². The molecule has 0 aliphatic rings. The number of pyridine rings is 2. The highest BCUT2D eigenvalue weighted by molar-refractivity contribution is 5.19. The monoisotopic (exact) mass is 346 g/mol. The van der Waals surface area contributed by atoms with E-state index in [1.54, 1.807) is 19.2 Å². The van der Waals surface area contributed by atoms with Crippen molar-refractivity contribution in [2.24, 2.45) is 0 Å². The van der Waals surface area contributed by atoms with Gasteiger partial charge in [-0.2, -0.15) is 0 Å². The fourth-order valence-electron chi connectivity index (χ4n) is 1.57. The van der Waals surface area contributed by atoms with Crippen molar-refractivity contribution in [1.82, 2.24) is 9.97 Å². The third-order valence-corrected chi connectivity index (χ3v) is 3.48. The predicted molar refractivity (Wildman–Crippen MR) is 93.7 cm³/mol. The Kier molecular flexibility index (Phi) is 8.33. The van der Waals surface area contributed by atoms with Crippen molar-refractivity contribution in [1.29, 1.82) is 0 Å². The van der Waals surface area contributed by atoms with E-state index in [9.17, 15) is 13.2 Å². The van der Waals surface area contributed by atoms with Crippen LogP contribution in [0.2, 0.25) is 0 Å². The highest BCUT2D eigenvalue weighted by Gasteiger charge is 1.99.